The van der Waals surface area contributed by atoms with Gasteiger partial charge in [0.25, 0.3) is 0 Å². The standard InChI is InChI=1S/C14H20BrNO3S/c1-10-6-7-16(9-11(10)2)20(17,18)12-4-5-14(19-3)13(15)8-12/h4-5,8,10-11H,6-7,9H2,1-3H3. The fraction of sp³-hybridized carbons (Fsp3) is 0.571. The zero-order valence-corrected chi connectivity index (χ0v) is 14.4. The lowest BCUT2D eigenvalue weighted by Gasteiger charge is -2.34. The van der Waals surface area contributed by atoms with Gasteiger partial charge >= 0.3 is 0 Å². The Bertz CT molecular complexity index is 588. The van der Waals surface area contributed by atoms with E-state index in [1.54, 1.807) is 29.6 Å². The molecular weight excluding hydrogens is 342 g/mol. The maximum atomic E-state index is 12.7. The molecule has 2 unspecified atom stereocenters. The molecule has 0 radical (unpaired) electrons. The van der Waals surface area contributed by atoms with E-state index in [9.17, 15) is 8.42 Å². The van der Waals surface area contributed by atoms with Crippen LogP contribution in [0, 0.1) is 11.8 Å². The van der Waals surface area contributed by atoms with Crippen LogP contribution in [0.5, 0.6) is 5.75 Å². The van der Waals surface area contributed by atoms with Gasteiger partial charge in [-0.1, -0.05) is 13.8 Å². The van der Waals surface area contributed by atoms with Crippen LogP contribution in [0.25, 0.3) is 0 Å². The van der Waals surface area contributed by atoms with E-state index in [4.69, 9.17) is 4.74 Å². The first-order valence-corrected chi connectivity index (χ1v) is 8.93. The molecule has 1 aliphatic rings. The van der Waals surface area contributed by atoms with Crippen molar-refractivity contribution in [2.24, 2.45) is 11.8 Å². The lowest BCUT2D eigenvalue weighted by Crippen LogP contribution is -2.42. The van der Waals surface area contributed by atoms with E-state index in [1.165, 1.54) is 0 Å². The SMILES string of the molecule is COc1ccc(S(=O)(=O)N2CCC(C)C(C)C2)cc1Br. The summed E-state index contributed by atoms with van der Waals surface area (Å²) in [6.07, 6.45) is 0.914. The number of rotatable bonds is 3. The number of piperidine rings is 1. The van der Waals surface area contributed by atoms with Gasteiger partial charge in [0.05, 0.1) is 16.5 Å². The van der Waals surface area contributed by atoms with Crippen molar-refractivity contribution >= 4 is 26.0 Å². The molecule has 20 heavy (non-hydrogen) atoms. The smallest absolute Gasteiger partial charge is 0.243 e. The predicted molar refractivity (Wildman–Crippen MR) is 82.4 cm³/mol. The van der Waals surface area contributed by atoms with E-state index in [0.717, 1.165) is 6.42 Å². The summed E-state index contributed by atoms with van der Waals surface area (Å²) in [4.78, 5) is 0.312. The van der Waals surface area contributed by atoms with E-state index in [1.807, 2.05) is 0 Å². The number of methoxy groups -OCH3 is 1. The van der Waals surface area contributed by atoms with Gasteiger partial charge in [0.15, 0.2) is 0 Å². The molecule has 1 saturated heterocycles. The van der Waals surface area contributed by atoms with Crippen molar-refractivity contribution in [1.29, 1.82) is 0 Å². The van der Waals surface area contributed by atoms with Gasteiger partial charge < -0.3 is 4.74 Å². The molecule has 1 fully saturated rings. The average Bonchev–Trinajstić information content (AvgIpc) is 2.41. The molecule has 2 atom stereocenters. The summed E-state index contributed by atoms with van der Waals surface area (Å²) < 4.78 is 32.7. The van der Waals surface area contributed by atoms with Crippen LogP contribution in [0.2, 0.25) is 0 Å². The highest BCUT2D eigenvalue weighted by Gasteiger charge is 2.31. The molecule has 6 heteroatoms. The highest BCUT2D eigenvalue weighted by molar-refractivity contribution is 9.10. The fourth-order valence-electron chi connectivity index (χ4n) is 2.40. The van der Waals surface area contributed by atoms with Crippen LogP contribution in [0.1, 0.15) is 20.3 Å². The van der Waals surface area contributed by atoms with Crippen molar-refractivity contribution in [2.45, 2.75) is 25.2 Å². The first kappa shape index (κ1) is 15.8. The first-order valence-electron chi connectivity index (χ1n) is 6.70. The molecule has 0 aromatic heterocycles. The minimum absolute atomic E-state index is 0.312. The maximum Gasteiger partial charge on any atom is 0.243 e. The second-order valence-electron chi connectivity index (χ2n) is 5.40. The van der Waals surface area contributed by atoms with Gasteiger partial charge in [-0.3, -0.25) is 0 Å². The Labute approximate surface area is 129 Å². The highest BCUT2D eigenvalue weighted by Crippen LogP contribution is 2.31. The summed E-state index contributed by atoms with van der Waals surface area (Å²) in [6, 6.07) is 4.88. The van der Waals surface area contributed by atoms with Gasteiger partial charge in [-0.25, -0.2) is 8.42 Å². The molecule has 0 bridgehead atoms. The molecule has 0 spiro atoms. The van der Waals surface area contributed by atoms with Crippen LogP contribution >= 0.6 is 15.9 Å². The van der Waals surface area contributed by atoms with Crippen LogP contribution in [0.15, 0.2) is 27.6 Å². The minimum atomic E-state index is -3.42. The van der Waals surface area contributed by atoms with E-state index in [2.05, 4.69) is 29.8 Å². The summed E-state index contributed by atoms with van der Waals surface area (Å²) in [5.74, 6) is 1.59. The van der Waals surface area contributed by atoms with Crippen LogP contribution in [-0.2, 0) is 10.0 Å². The Balaban J connectivity index is 2.29. The largest absolute Gasteiger partial charge is 0.496 e. The van der Waals surface area contributed by atoms with Crippen LogP contribution in [-0.4, -0.2) is 32.9 Å². The van der Waals surface area contributed by atoms with Crippen molar-refractivity contribution in [2.75, 3.05) is 20.2 Å². The summed E-state index contributed by atoms with van der Waals surface area (Å²) in [5, 5.41) is 0. The van der Waals surface area contributed by atoms with Crippen LogP contribution in [0.4, 0.5) is 0 Å². The predicted octanol–water partition coefficient (Wildman–Crippen LogP) is 3.12. The Hall–Kier alpha value is -0.590. The van der Waals surface area contributed by atoms with Crippen molar-refractivity contribution < 1.29 is 13.2 Å². The summed E-state index contributed by atoms with van der Waals surface area (Å²) in [7, 11) is -1.86. The molecule has 1 heterocycles. The monoisotopic (exact) mass is 361 g/mol. The number of nitrogens with zero attached hydrogens (tertiary/aromatic N) is 1. The van der Waals surface area contributed by atoms with E-state index < -0.39 is 10.0 Å². The molecule has 1 aromatic rings. The normalized spacial score (nSPS) is 24.6. The summed E-state index contributed by atoms with van der Waals surface area (Å²) in [6.45, 7) is 5.47. The van der Waals surface area contributed by atoms with Gasteiger partial charge in [0.1, 0.15) is 5.75 Å². The Kier molecular flexibility index (Phi) is 4.76. The lowest BCUT2D eigenvalue weighted by molar-refractivity contribution is 0.212. The zero-order valence-electron chi connectivity index (χ0n) is 12.0. The number of ether oxygens (including phenoxy) is 1. The minimum Gasteiger partial charge on any atom is -0.496 e. The highest BCUT2D eigenvalue weighted by atomic mass is 79.9. The third kappa shape index (κ3) is 3.02. The van der Waals surface area contributed by atoms with Gasteiger partial charge in [-0.2, -0.15) is 4.31 Å². The van der Waals surface area contributed by atoms with Gasteiger partial charge in [-0.15, -0.1) is 0 Å². The number of halogens is 1. The molecule has 0 N–H and O–H groups in total. The number of hydrogen-bond acceptors (Lipinski definition) is 3. The lowest BCUT2D eigenvalue weighted by atomic mass is 9.90. The van der Waals surface area contributed by atoms with E-state index in [0.29, 0.717) is 40.0 Å². The van der Waals surface area contributed by atoms with Gasteiger partial charge in [0, 0.05) is 13.1 Å². The second kappa shape index (κ2) is 6.03. The molecular formula is C14H20BrNO3S. The third-order valence-corrected chi connectivity index (χ3v) is 6.54. The van der Waals surface area contributed by atoms with Gasteiger partial charge in [-0.05, 0) is 52.4 Å². The molecule has 2 rings (SSSR count). The number of hydrogen-bond donors (Lipinski definition) is 0. The summed E-state index contributed by atoms with van der Waals surface area (Å²) in [5.41, 5.74) is 0. The van der Waals surface area contributed by atoms with Gasteiger partial charge in [0.2, 0.25) is 10.0 Å². The molecule has 0 saturated carbocycles. The quantitative estimate of drug-likeness (QED) is 0.830. The van der Waals surface area contributed by atoms with Crippen LogP contribution in [0.3, 0.4) is 0 Å². The Morgan fingerprint density at radius 2 is 2.00 bits per heavy atom. The number of sulfonamides is 1. The molecule has 1 aliphatic heterocycles. The average molecular weight is 362 g/mol. The van der Waals surface area contributed by atoms with E-state index >= 15 is 0 Å². The molecule has 0 amide bonds. The third-order valence-electron chi connectivity index (χ3n) is 4.06. The fourth-order valence-corrected chi connectivity index (χ4v) is 4.67. The second-order valence-corrected chi connectivity index (χ2v) is 8.19. The van der Waals surface area contributed by atoms with Crippen molar-refractivity contribution in [1.82, 2.24) is 4.31 Å². The molecule has 4 nitrogen and oxygen atoms in total. The Morgan fingerprint density at radius 1 is 1.30 bits per heavy atom. The van der Waals surface area contributed by atoms with Crippen LogP contribution < -0.4 is 4.74 Å². The van der Waals surface area contributed by atoms with E-state index in [-0.39, 0.29) is 0 Å². The zero-order chi connectivity index (χ0) is 14.9. The molecule has 1 aromatic carbocycles. The number of benzene rings is 1. The Morgan fingerprint density at radius 3 is 2.55 bits per heavy atom. The molecule has 0 aliphatic carbocycles. The summed E-state index contributed by atoms with van der Waals surface area (Å²) >= 11 is 3.34. The molecule has 112 valence electrons. The topological polar surface area (TPSA) is 46.6 Å². The maximum absolute atomic E-state index is 12.7. The first-order chi connectivity index (χ1) is 9.36. The van der Waals surface area contributed by atoms with Crippen molar-refractivity contribution in [3.8, 4) is 5.75 Å². The van der Waals surface area contributed by atoms with Crippen molar-refractivity contribution in [3.05, 3.63) is 22.7 Å². The van der Waals surface area contributed by atoms with Crippen molar-refractivity contribution in [3.63, 3.8) is 0 Å².